The van der Waals surface area contributed by atoms with E-state index in [0.717, 1.165) is 6.42 Å². The number of hydrogen-bond donors (Lipinski definition) is 1. The Kier molecular flexibility index (Phi) is 5.12. The van der Waals surface area contributed by atoms with E-state index in [0.29, 0.717) is 0 Å². The van der Waals surface area contributed by atoms with Gasteiger partial charge in [-0.15, -0.1) is 0 Å². The van der Waals surface area contributed by atoms with Crippen LogP contribution in [0.15, 0.2) is 42.6 Å². The molecule has 0 radical (unpaired) electrons. The number of methoxy groups -OCH3 is 1. The van der Waals surface area contributed by atoms with Crippen LogP contribution in [0.3, 0.4) is 0 Å². The summed E-state index contributed by atoms with van der Waals surface area (Å²) in [5, 5.41) is 3.17. The molecule has 0 aliphatic carbocycles. The van der Waals surface area contributed by atoms with Crippen LogP contribution in [0.5, 0.6) is 0 Å². The molecule has 0 saturated heterocycles. The molecule has 3 heteroatoms. The maximum absolute atomic E-state index is 10.9. The van der Waals surface area contributed by atoms with E-state index >= 15 is 0 Å². The van der Waals surface area contributed by atoms with E-state index in [-0.39, 0.29) is 12.0 Å². The van der Waals surface area contributed by atoms with E-state index in [1.54, 1.807) is 6.20 Å². The predicted octanol–water partition coefficient (Wildman–Crippen LogP) is 2.41. The quantitative estimate of drug-likeness (QED) is 0.610. The molecule has 1 N–H and O–H groups in total. The van der Waals surface area contributed by atoms with Crippen LogP contribution in [0.25, 0.3) is 0 Å². The average molecular weight is 219 g/mol. The van der Waals surface area contributed by atoms with Crippen molar-refractivity contribution in [1.29, 1.82) is 0 Å². The van der Waals surface area contributed by atoms with Crippen LogP contribution in [0.2, 0.25) is 0 Å². The Labute approximate surface area is 96.1 Å². The Hall–Kier alpha value is -1.77. The lowest BCUT2D eigenvalue weighted by molar-refractivity contribution is -0.134. The van der Waals surface area contributed by atoms with Gasteiger partial charge in [-0.3, -0.25) is 0 Å². The molecule has 0 aliphatic rings. The summed E-state index contributed by atoms with van der Waals surface area (Å²) in [6.45, 7) is 2.09. The molecule has 86 valence electrons. The van der Waals surface area contributed by atoms with Gasteiger partial charge in [0.15, 0.2) is 0 Å². The molecule has 0 aliphatic heterocycles. The summed E-state index contributed by atoms with van der Waals surface area (Å²) < 4.78 is 4.51. The monoisotopic (exact) mass is 219 g/mol. The first-order valence-electron chi connectivity index (χ1n) is 5.33. The zero-order valence-electron chi connectivity index (χ0n) is 9.64. The van der Waals surface area contributed by atoms with Crippen LogP contribution < -0.4 is 5.32 Å². The molecule has 16 heavy (non-hydrogen) atoms. The SMILES string of the molecule is CCC(N/C=C/C(=O)OC)c1ccccc1. The van der Waals surface area contributed by atoms with Crippen molar-refractivity contribution >= 4 is 5.97 Å². The molecule has 0 spiro atoms. The number of carbonyl (C=O) groups excluding carboxylic acids is 1. The molecule has 1 rings (SSSR count). The molecule has 1 aromatic rings. The van der Waals surface area contributed by atoms with E-state index < -0.39 is 0 Å². The van der Waals surface area contributed by atoms with Crippen LogP contribution in [-0.2, 0) is 9.53 Å². The van der Waals surface area contributed by atoms with Crippen LogP contribution >= 0.6 is 0 Å². The van der Waals surface area contributed by atoms with Crippen molar-refractivity contribution in [2.75, 3.05) is 7.11 Å². The lowest BCUT2D eigenvalue weighted by atomic mass is 10.1. The fourth-order valence-electron chi connectivity index (χ4n) is 1.44. The van der Waals surface area contributed by atoms with Crippen molar-refractivity contribution in [3.63, 3.8) is 0 Å². The molecule has 1 aromatic carbocycles. The number of hydrogen-bond acceptors (Lipinski definition) is 3. The molecule has 1 atom stereocenters. The first-order chi connectivity index (χ1) is 7.77. The second-order valence-electron chi connectivity index (χ2n) is 3.39. The second kappa shape index (κ2) is 6.67. The lowest BCUT2D eigenvalue weighted by Gasteiger charge is -2.15. The smallest absolute Gasteiger partial charge is 0.331 e. The number of carbonyl (C=O) groups is 1. The van der Waals surface area contributed by atoms with Crippen molar-refractivity contribution in [3.05, 3.63) is 48.2 Å². The van der Waals surface area contributed by atoms with E-state index in [2.05, 4.69) is 29.1 Å². The van der Waals surface area contributed by atoms with Crippen LogP contribution in [0, 0.1) is 0 Å². The van der Waals surface area contributed by atoms with Gasteiger partial charge in [0.25, 0.3) is 0 Å². The van der Waals surface area contributed by atoms with E-state index in [4.69, 9.17) is 0 Å². The van der Waals surface area contributed by atoms with E-state index in [1.165, 1.54) is 18.7 Å². The van der Waals surface area contributed by atoms with Gasteiger partial charge in [0.05, 0.1) is 13.2 Å². The zero-order valence-corrected chi connectivity index (χ0v) is 9.64. The highest BCUT2D eigenvalue weighted by atomic mass is 16.5. The van der Waals surface area contributed by atoms with Gasteiger partial charge in [0, 0.05) is 12.3 Å². The number of benzene rings is 1. The summed E-state index contributed by atoms with van der Waals surface area (Å²) in [5.41, 5.74) is 1.21. The van der Waals surface area contributed by atoms with Crippen molar-refractivity contribution < 1.29 is 9.53 Å². The summed E-state index contributed by atoms with van der Waals surface area (Å²) in [6, 6.07) is 10.3. The van der Waals surface area contributed by atoms with Crippen molar-refractivity contribution in [3.8, 4) is 0 Å². The summed E-state index contributed by atoms with van der Waals surface area (Å²) in [7, 11) is 1.36. The molecule has 3 nitrogen and oxygen atoms in total. The van der Waals surface area contributed by atoms with Crippen LogP contribution in [0.4, 0.5) is 0 Å². The van der Waals surface area contributed by atoms with Crippen LogP contribution in [-0.4, -0.2) is 13.1 Å². The van der Waals surface area contributed by atoms with Gasteiger partial charge in [-0.1, -0.05) is 37.3 Å². The normalized spacial score (nSPS) is 12.4. The maximum atomic E-state index is 10.9. The van der Waals surface area contributed by atoms with Gasteiger partial charge in [-0.05, 0) is 12.0 Å². The third-order valence-corrected chi connectivity index (χ3v) is 2.33. The summed E-state index contributed by atoms with van der Waals surface area (Å²) in [5.74, 6) is -0.351. The molecular formula is C13H17NO2. The Balaban J connectivity index is 2.57. The molecule has 0 amide bonds. The number of ether oxygens (including phenoxy) is 1. The average Bonchev–Trinajstić information content (AvgIpc) is 2.35. The number of nitrogens with one attached hydrogen (secondary N) is 1. The molecule has 1 unspecified atom stereocenters. The molecule has 0 fully saturated rings. The molecule has 0 saturated carbocycles. The molecular weight excluding hydrogens is 202 g/mol. The Morgan fingerprint density at radius 1 is 1.44 bits per heavy atom. The first kappa shape index (κ1) is 12.3. The second-order valence-corrected chi connectivity index (χ2v) is 3.39. The minimum absolute atomic E-state index is 0.224. The molecule has 0 bridgehead atoms. The third kappa shape index (κ3) is 3.77. The summed E-state index contributed by atoms with van der Waals surface area (Å²) in [6.07, 6.45) is 3.97. The lowest BCUT2D eigenvalue weighted by Crippen LogP contribution is -2.14. The fourth-order valence-corrected chi connectivity index (χ4v) is 1.44. The minimum Gasteiger partial charge on any atom is -0.466 e. The van der Waals surface area contributed by atoms with Crippen molar-refractivity contribution in [2.45, 2.75) is 19.4 Å². The Morgan fingerprint density at radius 3 is 2.69 bits per heavy atom. The fraction of sp³-hybridized carbons (Fsp3) is 0.308. The van der Waals surface area contributed by atoms with Gasteiger partial charge < -0.3 is 10.1 Å². The predicted molar refractivity (Wildman–Crippen MR) is 63.8 cm³/mol. The largest absolute Gasteiger partial charge is 0.466 e. The van der Waals surface area contributed by atoms with Crippen molar-refractivity contribution in [2.24, 2.45) is 0 Å². The van der Waals surface area contributed by atoms with Gasteiger partial charge >= 0.3 is 5.97 Å². The van der Waals surface area contributed by atoms with Gasteiger partial charge in [0.1, 0.15) is 0 Å². The van der Waals surface area contributed by atoms with Gasteiger partial charge in [-0.25, -0.2) is 4.79 Å². The summed E-state index contributed by atoms with van der Waals surface area (Å²) >= 11 is 0. The highest BCUT2D eigenvalue weighted by Gasteiger charge is 2.05. The molecule has 0 aromatic heterocycles. The van der Waals surface area contributed by atoms with Gasteiger partial charge in [0.2, 0.25) is 0 Å². The standard InChI is InChI=1S/C13H17NO2/c1-3-12(11-7-5-4-6-8-11)14-10-9-13(15)16-2/h4-10,12,14H,3H2,1-2H3/b10-9+. The van der Waals surface area contributed by atoms with Crippen LogP contribution in [0.1, 0.15) is 24.9 Å². The Bertz CT molecular complexity index is 346. The Morgan fingerprint density at radius 2 is 2.12 bits per heavy atom. The maximum Gasteiger partial charge on any atom is 0.331 e. The first-order valence-corrected chi connectivity index (χ1v) is 5.33. The molecule has 0 heterocycles. The van der Waals surface area contributed by atoms with E-state index in [1.807, 2.05) is 18.2 Å². The minimum atomic E-state index is -0.351. The highest BCUT2D eigenvalue weighted by molar-refractivity contribution is 5.81. The zero-order chi connectivity index (χ0) is 11.8. The van der Waals surface area contributed by atoms with E-state index in [9.17, 15) is 4.79 Å². The topological polar surface area (TPSA) is 38.3 Å². The summed E-state index contributed by atoms with van der Waals surface area (Å²) in [4.78, 5) is 10.9. The third-order valence-electron chi connectivity index (χ3n) is 2.33. The number of rotatable bonds is 5. The number of esters is 1. The van der Waals surface area contributed by atoms with Gasteiger partial charge in [-0.2, -0.15) is 0 Å². The van der Waals surface area contributed by atoms with Crippen molar-refractivity contribution in [1.82, 2.24) is 5.32 Å². The highest BCUT2D eigenvalue weighted by Crippen LogP contribution is 2.15.